The zero-order chi connectivity index (χ0) is 27.4. The van der Waals surface area contributed by atoms with Crippen molar-refractivity contribution in [2.45, 2.75) is 24.9 Å². The van der Waals surface area contributed by atoms with Crippen molar-refractivity contribution < 1.29 is 21.6 Å². The number of nitrogens with one attached hydrogen (secondary N) is 3. The molecule has 204 valence electrons. The molecule has 0 unspecified atom stereocenters. The van der Waals surface area contributed by atoms with Crippen molar-refractivity contribution in [2.24, 2.45) is 5.92 Å². The highest BCUT2D eigenvalue weighted by Gasteiger charge is 2.22. The standard InChI is InChI=1S/C27H27F3N6O2S/c28-11-18-8-21(14-31-13-18)33-27-32-15-25-26(35-27)20(12-29)10-24(34-25)19-6-7-23(22(30)9-19)36-39(37,38)16-17-4-2-1-3-5-17/h1-7,9-10,15,18,21,31,36H,8,11-14,16H2,(H,32,33,35)/t18-,21-/m0/s1. The highest BCUT2D eigenvalue weighted by Crippen LogP contribution is 2.28. The smallest absolute Gasteiger partial charge is 0.237 e. The van der Waals surface area contributed by atoms with Crippen molar-refractivity contribution in [1.29, 1.82) is 0 Å². The third kappa shape index (κ3) is 6.45. The maximum absolute atomic E-state index is 14.9. The summed E-state index contributed by atoms with van der Waals surface area (Å²) in [6.07, 6.45) is 2.08. The van der Waals surface area contributed by atoms with E-state index in [1.807, 2.05) is 0 Å². The second-order valence-electron chi connectivity index (χ2n) is 9.52. The van der Waals surface area contributed by atoms with Gasteiger partial charge >= 0.3 is 0 Å². The monoisotopic (exact) mass is 556 g/mol. The number of rotatable bonds is 9. The summed E-state index contributed by atoms with van der Waals surface area (Å²) in [6, 6.07) is 13.9. The van der Waals surface area contributed by atoms with Gasteiger partial charge in [0, 0.05) is 36.2 Å². The van der Waals surface area contributed by atoms with E-state index in [4.69, 9.17) is 0 Å². The molecule has 0 saturated carbocycles. The lowest BCUT2D eigenvalue weighted by molar-refractivity contribution is 0.282. The van der Waals surface area contributed by atoms with E-state index in [1.54, 1.807) is 30.3 Å². The van der Waals surface area contributed by atoms with Crippen LogP contribution in [-0.4, -0.2) is 49.2 Å². The molecular formula is C27H27F3N6O2S. The van der Waals surface area contributed by atoms with Crippen molar-refractivity contribution >= 4 is 32.7 Å². The Morgan fingerprint density at radius 3 is 2.59 bits per heavy atom. The predicted molar refractivity (Wildman–Crippen MR) is 145 cm³/mol. The SMILES string of the molecule is O=S(=O)(Cc1ccccc1)Nc1ccc(-c2cc(CF)c3nc(N[C@@H]4CNC[C@H](CF)C4)ncc3n2)cc1F. The molecule has 0 bridgehead atoms. The van der Waals surface area contributed by atoms with E-state index in [0.29, 0.717) is 47.4 Å². The van der Waals surface area contributed by atoms with Crippen molar-refractivity contribution in [1.82, 2.24) is 20.3 Å². The minimum Gasteiger partial charge on any atom is -0.350 e. The Bertz CT molecular complexity index is 1570. The summed E-state index contributed by atoms with van der Waals surface area (Å²) in [7, 11) is -3.85. The molecule has 1 fully saturated rings. The zero-order valence-electron chi connectivity index (χ0n) is 20.9. The molecule has 2 atom stereocenters. The Balaban J connectivity index is 1.36. The number of fused-ring (bicyclic) bond motifs is 1. The summed E-state index contributed by atoms with van der Waals surface area (Å²) in [5.41, 5.74) is 1.88. The Hall–Kier alpha value is -3.77. The van der Waals surface area contributed by atoms with E-state index in [0.717, 1.165) is 6.07 Å². The molecule has 2 aromatic heterocycles. The van der Waals surface area contributed by atoms with Crippen LogP contribution in [0.1, 0.15) is 17.5 Å². The molecule has 3 heterocycles. The van der Waals surface area contributed by atoms with Gasteiger partial charge in [0.25, 0.3) is 0 Å². The van der Waals surface area contributed by atoms with Gasteiger partial charge in [-0.25, -0.2) is 32.2 Å². The van der Waals surface area contributed by atoms with Crippen LogP contribution in [-0.2, 0) is 22.5 Å². The molecule has 12 heteroatoms. The van der Waals surface area contributed by atoms with Crippen molar-refractivity contribution in [3.8, 4) is 11.3 Å². The van der Waals surface area contributed by atoms with Crippen LogP contribution in [0.15, 0.2) is 60.8 Å². The third-order valence-electron chi connectivity index (χ3n) is 6.49. The first-order chi connectivity index (χ1) is 18.8. The fourth-order valence-corrected chi connectivity index (χ4v) is 5.81. The molecule has 4 aromatic rings. The summed E-state index contributed by atoms with van der Waals surface area (Å²) in [4.78, 5) is 13.2. The molecular weight excluding hydrogens is 529 g/mol. The average molecular weight is 557 g/mol. The molecule has 3 N–H and O–H groups in total. The minimum atomic E-state index is -3.85. The molecule has 1 aliphatic rings. The van der Waals surface area contributed by atoms with Gasteiger partial charge in [-0.2, -0.15) is 0 Å². The van der Waals surface area contributed by atoms with Gasteiger partial charge in [-0.3, -0.25) is 9.11 Å². The lowest BCUT2D eigenvalue weighted by Gasteiger charge is -2.29. The van der Waals surface area contributed by atoms with E-state index < -0.39 is 29.2 Å². The Morgan fingerprint density at radius 1 is 1.03 bits per heavy atom. The number of aromatic nitrogens is 3. The second-order valence-corrected chi connectivity index (χ2v) is 11.2. The molecule has 8 nitrogen and oxygen atoms in total. The first-order valence-electron chi connectivity index (χ1n) is 12.4. The molecule has 39 heavy (non-hydrogen) atoms. The molecule has 0 radical (unpaired) electrons. The van der Waals surface area contributed by atoms with Crippen molar-refractivity contribution in [3.05, 3.63) is 77.7 Å². The van der Waals surface area contributed by atoms with Gasteiger partial charge in [0.1, 0.15) is 23.5 Å². The van der Waals surface area contributed by atoms with Crippen molar-refractivity contribution in [2.75, 3.05) is 29.8 Å². The maximum Gasteiger partial charge on any atom is 0.237 e. The molecule has 0 amide bonds. The van der Waals surface area contributed by atoms with Gasteiger partial charge in [0.2, 0.25) is 16.0 Å². The number of halogens is 3. The first-order valence-corrected chi connectivity index (χ1v) is 14.1. The van der Waals surface area contributed by atoms with Gasteiger partial charge in [-0.15, -0.1) is 0 Å². The third-order valence-corrected chi connectivity index (χ3v) is 7.74. The predicted octanol–water partition coefficient (Wildman–Crippen LogP) is 4.60. The number of anilines is 2. The second kappa shape index (κ2) is 11.5. The Morgan fingerprint density at radius 2 is 1.85 bits per heavy atom. The molecule has 1 saturated heterocycles. The highest BCUT2D eigenvalue weighted by atomic mass is 32.2. The van der Waals surface area contributed by atoms with E-state index in [-0.39, 0.29) is 34.9 Å². The zero-order valence-corrected chi connectivity index (χ0v) is 21.7. The van der Waals surface area contributed by atoms with Crippen LogP contribution in [0.25, 0.3) is 22.3 Å². The first kappa shape index (κ1) is 26.8. The van der Waals surface area contributed by atoms with Crippen LogP contribution in [0, 0.1) is 11.7 Å². The summed E-state index contributed by atoms with van der Waals surface area (Å²) in [5, 5.41) is 6.35. The number of hydrogen-bond donors (Lipinski definition) is 3. The average Bonchev–Trinajstić information content (AvgIpc) is 2.94. The molecule has 0 aliphatic carbocycles. The van der Waals surface area contributed by atoms with Gasteiger partial charge in [0.05, 0.1) is 30.0 Å². The van der Waals surface area contributed by atoms with E-state index in [1.165, 1.54) is 24.4 Å². The van der Waals surface area contributed by atoms with Crippen LogP contribution in [0.4, 0.5) is 24.8 Å². The van der Waals surface area contributed by atoms with E-state index >= 15 is 0 Å². The Labute approximate surface area is 224 Å². The van der Waals surface area contributed by atoms with Gasteiger partial charge in [0.15, 0.2) is 0 Å². The quantitative estimate of drug-likeness (QED) is 0.277. The molecule has 2 aromatic carbocycles. The van der Waals surface area contributed by atoms with Crippen LogP contribution in [0.5, 0.6) is 0 Å². The summed E-state index contributed by atoms with van der Waals surface area (Å²) in [6.45, 7) is 0.00292. The highest BCUT2D eigenvalue weighted by molar-refractivity contribution is 7.91. The molecule has 0 spiro atoms. The number of alkyl halides is 2. The lowest BCUT2D eigenvalue weighted by Crippen LogP contribution is -2.44. The van der Waals surface area contributed by atoms with E-state index in [2.05, 4.69) is 30.3 Å². The largest absolute Gasteiger partial charge is 0.350 e. The van der Waals surface area contributed by atoms with E-state index in [9.17, 15) is 21.6 Å². The maximum atomic E-state index is 14.9. The van der Waals surface area contributed by atoms with Gasteiger partial charge in [-0.05, 0) is 30.2 Å². The minimum absolute atomic E-state index is 0.0652. The normalized spacial score (nSPS) is 17.7. The summed E-state index contributed by atoms with van der Waals surface area (Å²) >= 11 is 0. The number of pyridine rings is 1. The number of nitrogens with zero attached hydrogens (tertiary/aromatic N) is 3. The van der Waals surface area contributed by atoms with Crippen molar-refractivity contribution in [3.63, 3.8) is 0 Å². The summed E-state index contributed by atoms with van der Waals surface area (Å²) < 4.78 is 69.4. The van der Waals surface area contributed by atoms with Crippen LogP contribution in [0.3, 0.4) is 0 Å². The topological polar surface area (TPSA) is 109 Å². The van der Waals surface area contributed by atoms with Crippen LogP contribution >= 0.6 is 0 Å². The summed E-state index contributed by atoms with van der Waals surface area (Å²) in [5.74, 6) is -0.896. The fourth-order valence-electron chi connectivity index (χ4n) is 4.60. The van der Waals surface area contributed by atoms with Crippen LogP contribution < -0.4 is 15.4 Å². The number of piperidine rings is 1. The van der Waals surface area contributed by atoms with Gasteiger partial charge < -0.3 is 10.6 Å². The number of hydrogen-bond acceptors (Lipinski definition) is 7. The molecule has 5 rings (SSSR count). The number of sulfonamides is 1. The molecule has 1 aliphatic heterocycles. The lowest BCUT2D eigenvalue weighted by atomic mass is 9.97. The van der Waals surface area contributed by atoms with Gasteiger partial charge in [-0.1, -0.05) is 36.4 Å². The fraction of sp³-hybridized carbons (Fsp3) is 0.296. The number of benzene rings is 2. The van der Waals surface area contributed by atoms with Crippen LogP contribution in [0.2, 0.25) is 0 Å². The Kier molecular flexibility index (Phi) is 7.94.